The molecule has 0 spiro atoms. The maximum absolute atomic E-state index is 12.5. The number of ether oxygens (including phenoxy) is 1. The Kier molecular flexibility index (Phi) is 5.08. The van der Waals surface area contributed by atoms with Crippen molar-refractivity contribution in [1.29, 1.82) is 0 Å². The fourth-order valence-corrected chi connectivity index (χ4v) is 3.29. The van der Waals surface area contributed by atoms with Gasteiger partial charge in [0, 0.05) is 13.1 Å². The predicted molar refractivity (Wildman–Crippen MR) is 94.0 cm³/mol. The van der Waals surface area contributed by atoms with Gasteiger partial charge >= 0.3 is 5.97 Å². The molecule has 7 heteroatoms. The summed E-state index contributed by atoms with van der Waals surface area (Å²) in [6, 6.07) is 9.28. The van der Waals surface area contributed by atoms with E-state index in [-0.39, 0.29) is 16.6 Å². The van der Waals surface area contributed by atoms with Gasteiger partial charge in [-0.2, -0.15) is 5.10 Å². The molecule has 3 rings (SSSR count). The average molecular weight is 362 g/mol. The van der Waals surface area contributed by atoms with Crippen LogP contribution in [0.1, 0.15) is 35.8 Å². The largest absolute Gasteiger partial charge is 0.449 e. The monoisotopic (exact) mass is 361 g/mol. The summed E-state index contributed by atoms with van der Waals surface area (Å²) in [5.74, 6) is -0.806. The second kappa shape index (κ2) is 7.27. The van der Waals surface area contributed by atoms with Crippen LogP contribution in [0.2, 0.25) is 5.15 Å². The van der Waals surface area contributed by atoms with Gasteiger partial charge in [0.05, 0.1) is 11.4 Å². The Balaban J connectivity index is 1.78. The van der Waals surface area contributed by atoms with Gasteiger partial charge < -0.3 is 9.64 Å². The van der Waals surface area contributed by atoms with Crippen LogP contribution in [0.25, 0.3) is 5.69 Å². The summed E-state index contributed by atoms with van der Waals surface area (Å²) in [5, 5.41) is 4.50. The first-order chi connectivity index (χ1) is 12.0. The molecule has 0 radical (unpaired) electrons. The lowest BCUT2D eigenvalue weighted by atomic mass is 10.2. The van der Waals surface area contributed by atoms with Gasteiger partial charge in [-0.15, -0.1) is 0 Å². The van der Waals surface area contributed by atoms with Crippen molar-refractivity contribution in [2.45, 2.75) is 32.8 Å². The number of likely N-dealkylation sites (tertiary alicyclic amines) is 1. The van der Waals surface area contributed by atoms with E-state index in [0.29, 0.717) is 18.8 Å². The van der Waals surface area contributed by atoms with Gasteiger partial charge in [0.1, 0.15) is 10.7 Å². The minimum Gasteiger partial charge on any atom is -0.449 e. The van der Waals surface area contributed by atoms with Crippen LogP contribution in [0, 0.1) is 6.92 Å². The first-order valence-corrected chi connectivity index (χ1v) is 8.67. The standard InChI is InChI=1S/C18H20ClN3O3/c1-12-15(16(19)22(20-12)14-8-4-3-5-9-14)18(24)25-13(2)17(23)21-10-6-7-11-21/h3-5,8-9,13H,6-7,10-11H2,1-2H3/t13-/m1/s1. The van der Waals surface area contributed by atoms with Gasteiger partial charge in [0.15, 0.2) is 6.10 Å². The number of hydrogen-bond acceptors (Lipinski definition) is 4. The van der Waals surface area contributed by atoms with E-state index in [1.165, 1.54) is 4.68 Å². The summed E-state index contributed by atoms with van der Waals surface area (Å²) in [7, 11) is 0. The Hall–Kier alpha value is -2.34. The Morgan fingerprint density at radius 2 is 1.84 bits per heavy atom. The highest BCUT2D eigenvalue weighted by atomic mass is 35.5. The quantitative estimate of drug-likeness (QED) is 0.785. The molecule has 0 saturated carbocycles. The lowest BCUT2D eigenvalue weighted by Gasteiger charge is -2.20. The van der Waals surface area contributed by atoms with Crippen molar-refractivity contribution < 1.29 is 14.3 Å². The molecular formula is C18H20ClN3O3. The zero-order valence-corrected chi connectivity index (χ0v) is 15.0. The summed E-state index contributed by atoms with van der Waals surface area (Å²) in [6.07, 6.45) is 1.13. The molecule has 0 unspecified atom stereocenters. The smallest absolute Gasteiger partial charge is 0.344 e. The highest BCUT2D eigenvalue weighted by Crippen LogP contribution is 2.25. The highest BCUT2D eigenvalue weighted by molar-refractivity contribution is 6.33. The first kappa shape index (κ1) is 17.5. The van der Waals surface area contributed by atoms with Gasteiger partial charge in [-0.05, 0) is 38.8 Å². The van der Waals surface area contributed by atoms with Crippen LogP contribution in [0.5, 0.6) is 0 Å². The molecule has 0 bridgehead atoms. The summed E-state index contributed by atoms with van der Waals surface area (Å²) < 4.78 is 6.84. The van der Waals surface area contributed by atoms with Gasteiger partial charge in [-0.3, -0.25) is 4.79 Å². The highest BCUT2D eigenvalue weighted by Gasteiger charge is 2.29. The van der Waals surface area contributed by atoms with Crippen molar-refractivity contribution in [1.82, 2.24) is 14.7 Å². The molecule has 1 aliphatic heterocycles. The molecule has 1 fully saturated rings. The number of rotatable bonds is 4. The van der Waals surface area contributed by atoms with Crippen LogP contribution in [0.3, 0.4) is 0 Å². The molecule has 1 atom stereocenters. The van der Waals surface area contributed by atoms with Crippen LogP contribution in [0.15, 0.2) is 30.3 Å². The van der Waals surface area contributed by atoms with Crippen molar-refractivity contribution in [2.75, 3.05) is 13.1 Å². The number of benzene rings is 1. The molecule has 132 valence electrons. The average Bonchev–Trinajstić information content (AvgIpc) is 3.23. The number of nitrogens with zero attached hydrogens (tertiary/aromatic N) is 3. The molecule has 1 aromatic carbocycles. The second-order valence-corrected chi connectivity index (χ2v) is 6.44. The summed E-state index contributed by atoms with van der Waals surface area (Å²) >= 11 is 6.35. The molecule has 2 heterocycles. The number of aromatic nitrogens is 2. The number of para-hydroxylation sites is 1. The van der Waals surface area contributed by atoms with Crippen molar-refractivity contribution in [3.63, 3.8) is 0 Å². The zero-order valence-electron chi connectivity index (χ0n) is 14.2. The van der Waals surface area contributed by atoms with E-state index in [0.717, 1.165) is 18.5 Å². The SMILES string of the molecule is Cc1nn(-c2ccccc2)c(Cl)c1C(=O)O[C@H](C)C(=O)N1CCCC1. The molecule has 0 aliphatic carbocycles. The van der Waals surface area contributed by atoms with E-state index >= 15 is 0 Å². The Labute approximate surface area is 151 Å². The lowest BCUT2D eigenvalue weighted by molar-refractivity contribution is -0.138. The van der Waals surface area contributed by atoms with Crippen LogP contribution in [-0.4, -0.2) is 45.8 Å². The molecular weight excluding hydrogens is 342 g/mol. The number of carbonyl (C=O) groups is 2. The van der Waals surface area contributed by atoms with E-state index < -0.39 is 12.1 Å². The van der Waals surface area contributed by atoms with Crippen LogP contribution < -0.4 is 0 Å². The van der Waals surface area contributed by atoms with Gasteiger partial charge in [0.2, 0.25) is 0 Å². The predicted octanol–water partition coefficient (Wildman–Crippen LogP) is 3.00. The number of aryl methyl sites for hydroxylation is 1. The van der Waals surface area contributed by atoms with E-state index in [4.69, 9.17) is 16.3 Å². The van der Waals surface area contributed by atoms with E-state index in [2.05, 4.69) is 5.10 Å². The molecule has 2 aromatic rings. The van der Waals surface area contributed by atoms with E-state index in [1.54, 1.807) is 18.7 Å². The fourth-order valence-electron chi connectivity index (χ4n) is 2.94. The number of esters is 1. The summed E-state index contributed by atoms with van der Waals surface area (Å²) in [4.78, 5) is 26.6. The second-order valence-electron chi connectivity index (χ2n) is 6.08. The molecule has 1 aromatic heterocycles. The fraction of sp³-hybridized carbons (Fsp3) is 0.389. The topological polar surface area (TPSA) is 64.4 Å². The van der Waals surface area contributed by atoms with Crippen molar-refractivity contribution in [2.24, 2.45) is 0 Å². The normalized spacial score (nSPS) is 15.2. The Morgan fingerprint density at radius 1 is 1.20 bits per heavy atom. The number of amides is 1. The van der Waals surface area contributed by atoms with Crippen LogP contribution in [-0.2, 0) is 9.53 Å². The Bertz CT molecular complexity index is 782. The molecule has 1 amide bonds. The lowest BCUT2D eigenvalue weighted by Crippen LogP contribution is -2.38. The van der Waals surface area contributed by atoms with Crippen molar-refractivity contribution >= 4 is 23.5 Å². The third-order valence-electron chi connectivity index (χ3n) is 4.26. The summed E-state index contributed by atoms with van der Waals surface area (Å²) in [6.45, 7) is 4.71. The minimum atomic E-state index is -0.846. The van der Waals surface area contributed by atoms with Gasteiger partial charge in [-0.1, -0.05) is 29.8 Å². The summed E-state index contributed by atoms with van der Waals surface area (Å²) in [5.41, 5.74) is 1.39. The molecule has 25 heavy (non-hydrogen) atoms. The van der Waals surface area contributed by atoms with E-state index in [9.17, 15) is 9.59 Å². The molecule has 1 aliphatic rings. The molecule has 6 nitrogen and oxygen atoms in total. The third-order valence-corrected chi connectivity index (χ3v) is 4.61. The Morgan fingerprint density at radius 3 is 2.48 bits per heavy atom. The molecule has 0 N–H and O–H groups in total. The number of hydrogen-bond donors (Lipinski definition) is 0. The van der Waals surface area contributed by atoms with Crippen LogP contribution in [0.4, 0.5) is 0 Å². The van der Waals surface area contributed by atoms with Gasteiger partial charge in [0.25, 0.3) is 5.91 Å². The molecule has 1 saturated heterocycles. The van der Waals surface area contributed by atoms with E-state index in [1.807, 2.05) is 30.3 Å². The van der Waals surface area contributed by atoms with Crippen LogP contribution >= 0.6 is 11.6 Å². The number of carbonyl (C=O) groups excluding carboxylic acids is 2. The van der Waals surface area contributed by atoms with Gasteiger partial charge in [-0.25, -0.2) is 9.48 Å². The third kappa shape index (κ3) is 3.54. The zero-order chi connectivity index (χ0) is 18.0. The van der Waals surface area contributed by atoms with Crippen molar-refractivity contribution in [3.8, 4) is 5.69 Å². The van der Waals surface area contributed by atoms with Crippen molar-refractivity contribution in [3.05, 3.63) is 46.7 Å². The first-order valence-electron chi connectivity index (χ1n) is 8.29. The number of halogens is 1. The maximum atomic E-state index is 12.5. The maximum Gasteiger partial charge on any atom is 0.344 e. The minimum absolute atomic E-state index is 0.171.